The number of anilines is 3. The van der Waals surface area contributed by atoms with Crippen LogP contribution in [0, 0.1) is 6.92 Å². The molecule has 0 aliphatic rings. The summed E-state index contributed by atoms with van der Waals surface area (Å²) >= 11 is 0. The number of hydrogen-bond acceptors (Lipinski definition) is 5. The average molecular weight is 355 g/mol. The Balaban J connectivity index is 2.07. The molecule has 1 amide bonds. The number of carbonyl (C=O) groups is 1. The van der Waals surface area contributed by atoms with Crippen LogP contribution in [-0.2, 0) is 0 Å². The van der Waals surface area contributed by atoms with E-state index in [1.54, 1.807) is 13.0 Å². The van der Waals surface area contributed by atoms with Gasteiger partial charge >= 0.3 is 0 Å². The third-order valence-electron chi connectivity index (χ3n) is 4.16. The van der Waals surface area contributed by atoms with Gasteiger partial charge in [0.15, 0.2) is 0 Å². The van der Waals surface area contributed by atoms with Crippen molar-refractivity contribution in [1.82, 2.24) is 9.97 Å². The minimum atomic E-state index is -0.232. The number of nitrogens with one attached hydrogen (secondary N) is 2. The first-order valence-corrected chi connectivity index (χ1v) is 9.33. The van der Waals surface area contributed by atoms with E-state index in [0.29, 0.717) is 17.3 Å². The van der Waals surface area contributed by atoms with Gasteiger partial charge in [0.1, 0.15) is 17.3 Å². The summed E-state index contributed by atoms with van der Waals surface area (Å²) in [5.41, 5.74) is 2.26. The molecule has 140 valence electrons. The maximum Gasteiger partial charge on any atom is 0.274 e. The van der Waals surface area contributed by atoms with Gasteiger partial charge in [-0.15, -0.1) is 0 Å². The molecule has 0 saturated heterocycles. The zero-order chi connectivity index (χ0) is 18.9. The van der Waals surface area contributed by atoms with E-state index >= 15 is 0 Å². The summed E-state index contributed by atoms with van der Waals surface area (Å²) in [6, 6.07) is 9.57. The topological polar surface area (TPSA) is 70.2 Å². The van der Waals surface area contributed by atoms with Crippen LogP contribution in [0.1, 0.15) is 49.9 Å². The highest BCUT2D eigenvalue weighted by Gasteiger charge is 2.11. The highest BCUT2D eigenvalue weighted by atomic mass is 16.1. The fraction of sp³-hybridized carbons (Fsp3) is 0.450. The van der Waals surface area contributed by atoms with Crippen molar-refractivity contribution >= 4 is 23.1 Å². The van der Waals surface area contributed by atoms with Gasteiger partial charge in [0, 0.05) is 37.1 Å². The third-order valence-corrected chi connectivity index (χ3v) is 4.16. The Bertz CT molecular complexity index is 711. The number of benzene rings is 1. The first kappa shape index (κ1) is 19.7. The largest absolute Gasteiger partial charge is 0.372 e. The molecule has 0 fully saturated rings. The second kappa shape index (κ2) is 9.75. The molecule has 1 heterocycles. The highest BCUT2D eigenvalue weighted by Crippen LogP contribution is 2.18. The minimum absolute atomic E-state index is 0.232. The number of nitrogens with zero attached hydrogens (tertiary/aromatic N) is 3. The van der Waals surface area contributed by atoms with Crippen molar-refractivity contribution in [3.63, 3.8) is 0 Å². The Morgan fingerprint density at radius 1 is 1.08 bits per heavy atom. The van der Waals surface area contributed by atoms with Gasteiger partial charge < -0.3 is 15.5 Å². The second-order valence-corrected chi connectivity index (χ2v) is 6.14. The molecule has 0 atom stereocenters. The van der Waals surface area contributed by atoms with E-state index in [2.05, 4.69) is 46.3 Å². The molecule has 26 heavy (non-hydrogen) atoms. The SMILES string of the molecule is CCCCNc1cc(C(=O)Nc2ccc(N(CC)CC)cc2)nc(C)n1. The van der Waals surface area contributed by atoms with Crippen molar-refractivity contribution in [2.45, 2.75) is 40.5 Å². The van der Waals surface area contributed by atoms with Gasteiger partial charge in [-0.3, -0.25) is 4.79 Å². The van der Waals surface area contributed by atoms with Crippen molar-refractivity contribution in [1.29, 1.82) is 0 Å². The van der Waals surface area contributed by atoms with Crippen LogP contribution in [0.3, 0.4) is 0 Å². The molecule has 0 bridgehead atoms. The van der Waals surface area contributed by atoms with Crippen molar-refractivity contribution in [2.75, 3.05) is 35.2 Å². The molecule has 0 radical (unpaired) electrons. The van der Waals surface area contributed by atoms with Gasteiger partial charge in [-0.05, 0) is 51.5 Å². The summed E-state index contributed by atoms with van der Waals surface area (Å²) in [5, 5.41) is 6.15. The summed E-state index contributed by atoms with van der Waals surface area (Å²) < 4.78 is 0. The lowest BCUT2D eigenvalue weighted by Crippen LogP contribution is -2.21. The molecular weight excluding hydrogens is 326 g/mol. The molecule has 6 nitrogen and oxygen atoms in total. The number of aryl methyl sites for hydroxylation is 1. The number of unbranched alkanes of at least 4 members (excludes halogenated alkanes) is 1. The first-order valence-electron chi connectivity index (χ1n) is 9.33. The van der Waals surface area contributed by atoms with Crippen LogP contribution in [0.5, 0.6) is 0 Å². The second-order valence-electron chi connectivity index (χ2n) is 6.14. The standard InChI is InChI=1S/C20H29N5O/c1-5-8-13-21-19-14-18(22-15(4)23-19)20(26)24-16-9-11-17(12-10-16)25(6-2)7-3/h9-12,14H,5-8,13H2,1-4H3,(H,24,26)(H,21,22,23). The maximum atomic E-state index is 12.5. The summed E-state index contributed by atoms with van der Waals surface area (Å²) in [6.07, 6.45) is 2.16. The molecule has 2 N–H and O–H groups in total. The summed E-state index contributed by atoms with van der Waals surface area (Å²) in [5.74, 6) is 1.03. The van der Waals surface area contributed by atoms with Crippen molar-refractivity contribution in [3.8, 4) is 0 Å². The number of rotatable bonds is 9. The van der Waals surface area contributed by atoms with E-state index < -0.39 is 0 Å². The van der Waals surface area contributed by atoms with E-state index in [-0.39, 0.29) is 5.91 Å². The van der Waals surface area contributed by atoms with Crippen molar-refractivity contribution in [3.05, 3.63) is 41.9 Å². The lowest BCUT2D eigenvalue weighted by molar-refractivity contribution is 0.102. The lowest BCUT2D eigenvalue weighted by atomic mass is 10.2. The van der Waals surface area contributed by atoms with Crippen LogP contribution in [0.4, 0.5) is 17.2 Å². The van der Waals surface area contributed by atoms with Gasteiger partial charge in [-0.2, -0.15) is 0 Å². The molecule has 2 rings (SSSR count). The fourth-order valence-corrected chi connectivity index (χ4v) is 2.71. The van der Waals surface area contributed by atoms with Gasteiger partial charge in [-0.1, -0.05) is 13.3 Å². The molecule has 0 aliphatic carbocycles. The number of amides is 1. The highest BCUT2D eigenvalue weighted by molar-refractivity contribution is 6.03. The zero-order valence-corrected chi connectivity index (χ0v) is 16.2. The molecular formula is C20H29N5O. The van der Waals surface area contributed by atoms with E-state index in [9.17, 15) is 4.79 Å². The minimum Gasteiger partial charge on any atom is -0.372 e. The summed E-state index contributed by atoms with van der Waals surface area (Å²) in [7, 11) is 0. The van der Waals surface area contributed by atoms with Gasteiger partial charge in [0.25, 0.3) is 5.91 Å². The van der Waals surface area contributed by atoms with E-state index in [4.69, 9.17) is 0 Å². The Kier molecular flexibility index (Phi) is 7.38. The van der Waals surface area contributed by atoms with E-state index in [1.165, 1.54) is 0 Å². The Morgan fingerprint density at radius 3 is 2.38 bits per heavy atom. The van der Waals surface area contributed by atoms with Crippen molar-refractivity contribution < 1.29 is 4.79 Å². The van der Waals surface area contributed by atoms with Crippen LogP contribution < -0.4 is 15.5 Å². The predicted octanol–water partition coefficient (Wildman–Crippen LogP) is 4.10. The predicted molar refractivity (Wildman–Crippen MR) is 108 cm³/mol. The first-order chi connectivity index (χ1) is 12.6. The Labute approximate surface area is 156 Å². The van der Waals surface area contributed by atoms with Crippen LogP contribution in [0.25, 0.3) is 0 Å². The zero-order valence-electron chi connectivity index (χ0n) is 16.2. The van der Waals surface area contributed by atoms with E-state index in [1.807, 2.05) is 24.3 Å². The lowest BCUT2D eigenvalue weighted by Gasteiger charge is -2.21. The molecule has 1 aromatic carbocycles. The molecule has 0 aliphatic heterocycles. The molecule has 2 aromatic rings. The average Bonchev–Trinajstić information content (AvgIpc) is 2.64. The normalized spacial score (nSPS) is 10.5. The molecule has 0 spiro atoms. The molecule has 0 unspecified atom stereocenters. The van der Waals surface area contributed by atoms with Crippen molar-refractivity contribution in [2.24, 2.45) is 0 Å². The quantitative estimate of drug-likeness (QED) is 0.663. The van der Waals surface area contributed by atoms with Crippen LogP contribution in [0.15, 0.2) is 30.3 Å². The third kappa shape index (κ3) is 5.44. The van der Waals surface area contributed by atoms with Gasteiger partial charge in [0.05, 0.1) is 0 Å². The summed E-state index contributed by atoms with van der Waals surface area (Å²) in [6.45, 7) is 10.9. The van der Waals surface area contributed by atoms with Crippen LogP contribution in [0.2, 0.25) is 0 Å². The molecule has 1 aromatic heterocycles. The van der Waals surface area contributed by atoms with Gasteiger partial charge in [0.2, 0.25) is 0 Å². The fourth-order valence-electron chi connectivity index (χ4n) is 2.71. The number of hydrogen-bond donors (Lipinski definition) is 2. The molecule has 6 heteroatoms. The smallest absolute Gasteiger partial charge is 0.274 e. The maximum absolute atomic E-state index is 12.5. The Morgan fingerprint density at radius 2 is 1.77 bits per heavy atom. The monoisotopic (exact) mass is 355 g/mol. The number of carbonyl (C=O) groups excluding carboxylic acids is 1. The van der Waals surface area contributed by atoms with Crippen LogP contribution >= 0.6 is 0 Å². The van der Waals surface area contributed by atoms with Gasteiger partial charge in [-0.25, -0.2) is 9.97 Å². The molecule has 0 saturated carbocycles. The summed E-state index contributed by atoms with van der Waals surface area (Å²) in [4.78, 5) is 23.4. The van der Waals surface area contributed by atoms with Crippen LogP contribution in [-0.4, -0.2) is 35.5 Å². The number of aromatic nitrogens is 2. The van der Waals surface area contributed by atoms with E-state index in [0.717, 1.165) is 43.9 Å². The Hall–Kier alpha value is -2.63.